The molecule has 0 bridgehead atoms. The van der Waals surface area contributed by atoms with Crippen LogP contribution in [-0.4, -0.2) is 74.3 Å². The number of fused-ring (bicyclic) bond motifs is 1. The molecule has 1 atom stereocenters. The smallest absolute Gasteiger partial charge is 0.406 e. The number of anilines is 1. The zero-order valence-electron chi connectivity index (χ0n) is 19.7. The number of piperazine rings is 1. The summed E-state index contributed by atoms with van der Waals surface area (Å²) in [5.74, 6) is -1.54. The highest BCUT2D eigenvalue weighted by Gasteiger charge is 2.34. The summed E-state index contributed by atoms with van der Waals surface area (Å²) in [5.41, 5.74) is 2.03. The molecule has 0 aliphatic carbocycles. The van der Waals surface area contributed by atoms with Gasteiger partial charge in [-0.1, -0.05) is 12.1 Å². The van der Waals surface area contributed by atoms with Crippen molar-refractivity contribution < 1.29 is 27.1 Å². The minimum absolute atomic E-state index is 0.0628. The number of carbonyl (C=O) groups excluding carboxylic acids is 1. The molecule has 2 heterocycles. The molecule has 11 heteroatoms. The number of hydrogen-bond acceptors (Lipinski definition) is 5. The standard InChI is InChI=1S/C24H27F4N5O2/c1-15-12-19-20(13-18(14-21(19)25)35-24(26,27)28)22(30-33(15)23(34)29-2)16-4-6-17(7-5-16)32-10-8-31(3)9-11-32/h4-7,13-15H,8-12H2,1-3H3,(H,29,34)/t15-/m0/s1. The number of halogens is 4. The summed E-state index contributed by atoms with van der Waals surface area (Å²) in [7, 11) is 3.51. The molecule has 0 saturated carbocycles. The van der Waals surface area contributed by atoms with E-state index in [1.165, 1.54) is 12.1 Å². The molecule has 2 aromatic rings. The Labute approximate surface area is 200 Å². The molecular formula is C24H27F4N5O2. The van der Waals surface area contributed by atoms with Gasteiger partial charge in [0.25, 0.3) is 0 Å². The van der Waals surface area contributed by atoms with E-state index in [0.717, 1.165) is 37.9 Å². The van der Waals surface area contributed by atoms with Crippen LogP contribution in [-0.2, 0) is 6.42 Å². The van der Waals surface area contributed by atoms with Crippen LogP contribution in [0.5, 0.6) is 5.75 Å². The van der Waals surface area contributed by atoms with E-state index in [-0.39, 0.29) is 23.3 Å². The third kappa shape index (κ3) is 5.50. The molecule has 1 saturated heterocycles. The molecule has 2 aliphatic rings. The third-order valence-corrected chi connectivity index (χ3v) is 6.21. The van der Waals surface area contributed by atoms with Crippen molar-refractivity contribution in [3.63, 3.8) is 0 Å². The van der Waals surface area contributed by atoms with Crippen molar-refractivity contribution in [3.8, 4) is 5.75 Å². The van der Waals surface area contributed by atoms with Crippen molar-refractivity contribution in [2.75, 3.05) is 45.2 Å². The van der Waals surface area contributed by atoms with E-state index in [1.54, 1.807) is 19.1 Å². The van der Waals surface area contributed by atoms with Gasteiger partial charge in [-0.2, -0.15) is 5.10 Å². The van der Waals surface area contributed by atoms with Crippen molar-refractivity contribution >= 4 is 17.4 Å². The Kier molecular flexibility index (Phi) is 6.88. The lowest BCUT2D eigenvalue weighted by molar-refractivity contribution is -0.274. The zero-order chi connectivity index (χ0) is 25.3. The second kappa shape index (κ2) is 9.73. The number of nitrogens with one attached hydrogen (secondary N) is 1. The van der Waals surface area contributed by atoms with Crippen LogP contribution in [0.25, 0.3) is 0 Å². The fraction of sp³-hybridized carbons (Fsp3) is 0.417. The summed E-state index contributed by atoms with van der Waals surface area (Å²) < 4.78 is 57.7. The van der Waals surface area contributed by atoms with E-state index in [0.29, 0.717) is 11.6 Å². The number of nitrogens with zero attached hydrogens (tertiary/aromatic N) is 4. The fourth-order valence-corrected chi connectivity index (χ4v) is 4.33. The van der Waals surface area contributed by atoms with Gasteiger partial charge in [-0.15, -0.1) is 13.2 Å². The highest BCUT2D eigenvalue weighted by Crippen LogP contribution is 2.32. The van der Waals surface area contributed by atoms with Crippen LogP contribution in [0.4, 0.5) is 28.0 Å². The number of hydrazone groups is 1. The van der Waals surface area contributed by atoms with E-state index >= 15 is 4.39 Å². The highest BCUT2D eigenvalue weighted by atomic mass is 19.4. The monoisotopic (exact) mass is 493 g/mol. The molecule has 2 aromatic carbocycles. The van der Waals surface area contributed by atoms with Gasteiger partial charge in [-0.3, -0.25) is 0 Å². The lowest BCUT2D eigenvalue weighted by Gasteiger charge is -2.34. The molecular weight excluding hydrogens is 466 g/mol. The summed E-state index contributed by atoms with van der Waals surface area (Å²) >= 11 is 0. The summed E-state index contributed by atoms with van der Waals surface area (Å²) in [6, 6.07) is 8.14. The van der Waals surface area contributed by atoms with E-state index < -0.39 is 30.0 Å². The molecule has 0 radical (unpaired) electrons. The minimum atomic E-state index is -4.98. The molecule has 7 nitrogen and oxygen atoms in total. The van der Waals surface area contributed by atoms with Gasteiger partial charge in [0.05, 0.1) is 11.8 Å². The predicted molar refractivity (Wildman–Crippen MR) is 124 cm³/mol. The first-order chi connectivity index (χ1) is 16.6. The second-order valence-corrected chi connectivity index (χ2v) is 8.72. The maximum absolute atomic E-state index is 15.1. The number of alkyl halides is 3. The van der Waals surface area contributed by atoms with Crippen LogP contribution in [0.2, 0.25) is 0 Å². The highest BCUT2D eigenvalue weighted by molar-refractivity contribution is 6.14. The molecule has 0 aromatic heterocycles. The normalized spacial score (nSPS) is 19.1. The van der Waals surface area contributed by atoms with Gasteiger partial charge < -0.3 is 19.9 Å². The van der Waals surface area contributed by atoms with Crippen molar-refractivity contribution in [1.82, 2.24) is 15.2 Å². The van der Waals surface area contributed by atoms with Crippen LogP contribution in [0.1, 0.15) is 23.6 Å². The SMILES string of the molecule is CNC(=O)N1N=C(c2ccc(N3CCN(C)CC3)cc2)c2cc(OC(F)(F)F)cc(F)c2C[C@@H]1C. The maximum Gasteiger partial charge on any atom is 0.573 e. The Morgan fingerprint density at radius 2 is 1.77 bits per heavy atom. The van der Waals surface area contributed by atoms with Gasteiger partial charge in [-0.25, -0.2) is 14.2 Å². The second-order valence-electron chi connectivity index (χ2n) is 8.72. The average molecular weight is 494 g/mol. The number of hydrogen-bond donors (Lipinski definition) is 1. The first kappa shape index (κ1) is 24.8. The molecule has 2 amide bonds. The van der Waals surface area contributed by atoms with E-state index in [9.17, 15) is 18.0 Å². The lowest BCUT2D eigenvalue weighted by atomic mass is 9.93. The van der Waals surface area contributed by atoms with Gasteiger partial charge in [0.1, 0.15) is 11.6 Å². The first-order valence-electron chi connectivity index (χ1n) is 11.3. The number of benzene rings is 2. The topological polar surface area (TPSA) is 60.4 Å². The van der Waals surface area contributed by atoms with Gasteiger partial charge >= 0.3 is 12.4 Å². The van der Waals surface area contributed by atoms with Crippen LogP contribution >= 0.6 is 0 Å². The van der Waals surface area contributed by atoms with Crippen LogP contribution in [0.15, 0.2) is 41.5 Å². The van der Waals surface area contributed by atoms with Gasteiger partial charge in [0.2, 0.25) is 0 Å². The molecule has 188 valence electrons. The fourth-order valence-electron chi connectivity index (χ4n) is 4.33. The third-order valence-electron chi connectivity index (χ3n) is 6.21. The Morgan fingerprint density at radius 1 is 1.11 bits per heavy atom. The Morgan fingerprint density at radius 3 is 2.37 bits per heavy atom. The molecule has 0 spiro atoms. The predicted octanol–water partition coefficient (Wildman–Crippen LogP) is 3.81. The molecule has 35 heavy (non-hydrogen) atoms. The summed E-state index contributed by atoms with van der Waals surface area (Å²) in [4.78, 5) is 17.0. The molecule has 2 aliphatic heterocycles. The van der Waals surface area contributed by atoms with Crippen LogP contribution in [0.3, 0.4) is 0 Å². The Bertz CT molecular complexity index is 1110. The van der Waals surface area contributed by atoms with Gasteiger partial charge in [-0.05, 0) is 44.2 Å². The van der Waals surface area contributed by atoms with Crippen LogP contribution < -0.4 is 15.0 Å². The van der Waals surface area contributed by atoms with E-state index in [1.807, 2.05) is 12.1 Å². The Balaban J connectivity index is 1.78. The van der Waals surface area contributed by atoms with Gasteiger partial charge in [0, 0.05) is 56.1 Å². The number of likely N-dealkylation sites (N-methyl/N-ethyl adjacent to an activating group) is 1. The van der Waals surface area contributed by atoms with Crippen molar-refractivity contribution in [3.05, 3.63) is 58.9 Å². The number of carbonyl (C=O) groups is 1. The molecule has 0 unspecified atom stereocenters. The summed E-state index contributed by atoms with van der Waals surface area (Å²) in [5, 5.41) is 8.18. The van der Waals surface area contributed by atoms with Gasteiger partial charge in [0.15, 0.2) is 0 Å². The van der Waals surface area contributed by atoms with Crippen molar-refractivity contribution in [2.45, 2.75) is 25.7 Å². The van der Waals surface area contributed by atoms with Crippen LogP contribution in [0, 0.1) is 5.82 Å². The summed E-state index contributed by atoms with van der Waals surface area (Å²) in [6.45, 7) is 5.29. The number of amides is 2. The largest absolute Gasteiger partial charge is 0.573 e. The summed E-state index contributed by atoms with van der Waals surface area (Å²) in [6.07, 6.45) is -4.92. The molecule has 1 N–H and O–H groups in total. The number of urea groups is 1. The number of ether oxygens (including phenoxy) is 1. The average Bonchev–Trinajstić information content (AvgIpc) is 2.95. The van der Waals surface area contributed by atoms with E-state index in [2.05, 4.69) is 32.0 Å². The minimum Gasteiger partial charge on any atom is -0.406 e. The molecule has 1 fully saturated rings. The maximum atomic E-state index is 15.1. The lowest BCUT2D eigenvalue weighted by Crippen LogP contribution is -2.44. The van der Waals surface area contributed by atoms with Crippen molar-refractivity contribution in [2.24, 2.45) is 5.10 Å². The van der Waals surface area contributed by atoms with E-state index in [4.69, 9.17) is 0 Å². The molecule has 4 rings (SSSR count). The Hall–Kier alpha value is -3.34. The van der Waals surface area contributed by atoms with Crippen molar-refractivity contribution in [1.29, 1.82) is 0 Å². The quantitative estimate of drug-likeness (QED) is 0.661. The number of rotatable bonds is 3. The first-order valence-corrected chi connectivity index (χ1v) is 11.3. The zero-order valence-corrected chi connectivity index (χ0v) is 19.7.